The molecule has 0 amide bonds. The monoisotopic (exact) mass is 279 g/mol. The van der Waals surface area contributed by atoms with Crippen molar-refractivity contribution in [1.29, 1.82) is 0 Å². The van der Waals surface area contributed by atoms with Crippen molar-refractivity contribution >= 4 is 0 Å². The zero-order valence-corrected chi connectivity index (χ0v) is 10.7. The van der Waals surface area contributed by atoms with Crippen LogP contribution in [0.25, 0.3) is 0 Å². The number of methoxy groups -OCH3 is 1. The van der Waals surface area contributed by atoms with Gasteiger partial charge in [0.05, 0.1) is 13.7 Å². The van der Waals surface area contributed by atoms with Gasteiger partial charge in [-0.05, 0) is 13.0 Å². The van der Waals surface area contributed by atoms with E-state index in [1.54, 1.807) is 25.1 Å². The first-order valence-corrected chi connectivity index (χ1v) is 5.60. The van der Waals surface area contributed by atoms with E-state index < -0.39 is 13.0 Å². The lowest BCUT2D eigenvalue weighted by Crippen LogP contribution is -2.18. The van der Waals surface area contributed by atoms with Crippen LogP contribution >= 0.6 is 0 Å². The molecular weight excluding hydrogens is 263 g/mol. The van der Waals surface area contributed by atoms with Gasteiger partial charge in [0.15, 0.2) is 0 Å². The third-order valence-corrected chi connectivity index (χ3v) is 2.32. The van der Waals surface area contributed by atoms with E-state index in [2.05, 4.69) is 4.74 Å². The average Bonchev–Trinajstić information content (AvgIpc) is 2.33. The molecule has 0 heterocycles. The van der Waals surface area contributed by atoms with E-state index in [4.69, 9.17) is 15.2 Å². The highest BCUT2D eigenvalue weighted by Gasteiger charge is 2.28. The molecule has 1 atom stereocenters. The van der Waals surface area contributed by atoms with Gasteiger partial charge in [0.25, 0.3) is 0 Å². The maximum atomic E-state index is 11.8. The van der Waals surface area contributed by atoms with Crippen LogP contribution in [-0.4, -0.2) is 26.7 Å². The van der Waals surface area contributed by atoms with Crippen molar-refractivity contribution in [3.63, 3.8) is 0 Å². The van der Waals surface area contributed by atoms with E-state index in [1.165, 1.54) is 7.11 Å². The molecule has 0 aliphatic carbocycles. The molecule has 4 nitrogen and oxygen atoms in total. The van der Waals surface area contributed by atoms with Gasteiger partial charge in [0, 0.05) is 17.7 Å². The zero-order chi connectivity index (χ0) is 14.5. The van der Waals surface area contributed by atoms with Crippen molar-refractivity contribution in [2.45, 2.75) is 19.3 Å². The van der Waals surface area contributed by atoms with E-state index in [-0.39, 0.29) is 12.6 Å². The van der Waals surface area contributed by atoms with Gasteiger partial charge in [-0.3, -0.25) is 4.74 Å². The van der Waals surface area contributed by atoms with Gasteiger partial charge < -0.3 is 15.2 Å². The smallest absolute Gasteiger partial charge is 0.497 e. The molecule has 0 saturated carbocycles. The largest absolute Gasteiger partial charge is 0.522 e. The lowest BCUT2D eigenvalue weighted by atomic mass is 10.1. The van der Waals surface area contributed by atoms with Gasteiger partial charge >= 0.3 is 6.36 Å². The Labute approximate surface area is 109 Å². The van der Waals surface area contributed by atoms with Crippen LogP contribution in [0.2, 0.25) is 0 Å². The Morgan fingerprint density at radius 3 is 2.47 bits per heavy atom. The fourth-order valence-corrected chi connectivity index (χ4v) is 1.45. The minimum atomic E-state index is -4.65. The van der Waals surface area contributed by atoms with Crippen molar-refractivity contribution in [2.24, 2.45) is 5.73 Å². The topological polar surface area (TPSA) is 53.7 Å². The van der Waals surface area contributed by atoms with Crippen LogP contribution in [0, 0.1) is 0 Å². The zero-order valence-electron chi connectivity index (χ0n) is 10.7. The molecule has 0 aromatic heterocycles. The second-order valence-electron chi connectivity index (χ2n) is 3.84. The average molecular weight is 279 g/mol. The second-order valence-corrected chi connectivity index (χ2v) is 3.84. The molecule has 0 aliphatic heterocycles. The van der Waals surface area contributed by atoms with Crippen molar-refractivity contribution in [2.75, 3.05) is 20.3 Å². The van der Waals surface area contributed by atoms with E-state index in [0.717, 1.165) is 0 Å². The summed E-state index contributed by atoms with van der Waals surface area (Å²) < 4.78 is 49.3. The molecule has 1 aromatic carbocycles. The Morgan fingerprint density at radius 2 is 1.95 bits per heavy atom. The van der Waals surface area contributed by atoms with E-state index >= 15 is 0 Å². The van der Waals surface area contributed by atoms with Gasteiger partial charge in [-0.15, -0.1) is 13.2 Å². The number of ether oxygens (including phenoxy) is 3. The summed E-state index contributed by atoms with van der Waals surface area (Å²) in [6, 6.07) is 4.69. The summed E-state index contributed by atoms with van der Waals surface area (Å²) in [7, 11) is 1.48. The Morgan fingerprint density at radius 1 is 1.26 bits per heavy atom. The number of hydrogen-bond donors (Lipinski definition) is 1. The summed E-state index contributed by atoms with van der Waals surface area (Å²) in [6.07, 6.45) is -4.65. The normalized spacial score (nSPS) is 13.2. The van der Waals surface area contributed by atoms with Gasteiger partial charge in [0.1, 0.15) is 18.1 Å². The predicted octanol–water partition coefficient (Wildman–Crippen LogP) is 2.63. The maximum Gasteiger partial charge on any atom is 0.522 e. The maximum absolute atomic E-state index is 11.8. The second kappa shape index (κ2) is 6.63. The fraction of sp³-hybridized carbons (Fsp3) is 0.500. The lowest BCUT2D eigenvalue weighted by Gasteiger charge is -2.15. The van der Waals surface area contributed by atoms with E-state index in [0.29, 0.717) is 17.1 Å². The third-order valence-electron chi connectivity index (χ3n) is 2.32. The Kier molecular flexibility index (Phi) is 5.44. The Bertz CT molecular complexity index is 408. The SMILES string of the molecule is COc1ccc(C(C)N)c(OCCOC(F)(F)F)c1. The number of hydrogen-bond acceptors (Lipinski definition) is 4. The van der Waals surface area contributed by atoms with Gasteiger partial charge in [-0.2, -0.15) is 0 Å². The standard InChI is InChI=1S/C12H16F3NO3/c1-8(16)10-4-3-9(17-2)7-11(10)18-5-6-19-12(13,14)15/h3-4,7-8H,5-6,16H2,1-2H3. The molecule has 19 heavy (non-hydrogen) atoms. The van der Waals surface area contributed by atoms with Crippen LogP contribution in [-0.2, 0) is 4.74 Å². The summed E-state index contributed by atoms with van der Waals surface area (Å²) in [5.41, 5.74) is 6.44. The van der Waals surface area contributed by atoms with Gasteiger partial charge in [0.2, 0.25) is 0 Å². The summed E-state index contributed by atoms with van der Waals surface area (Å²) in [4.78, 5) is 0. The highest BCUT2D eigenvalue weighted by atomic mass is 19.4. The van der Waals surface area contributed by atoms with Gasteiger partial charge in [-0.1, -0.05) is 6.07 Å². The van der Waals surface area contributed by atoms with Crippen molar-refractivity contribution in [3.05, 3.63) is 23.8 Å². The van der Waals surface area contributed by atoms with Crippen LogP contribution in [0.1, 0.15) is 18.5 Å². The molecule has 1 unspecified atom stereocenters. The minimum Gasteiger partial charge on any atom is -0.497 e. The summed E-state index contributed by atoms with van der Waals surface area (Å²) in [6.45, 7) is 0.937. The van der Waals surface area contributed by atoms with Crippen LogP contribution in [0.4, 0.5) is 13.2 Å². The molecule has 0 spiro atoms. The van der Waals surface area contributed by atoms with Crippen LogP contribution < -0.4 is 15.2 Å². The van der Waals surface area contributed by atoms with E-state index in [1.807, 2.05) is 0 Å². The lowest BCUT2D eigenvalue weighted by molar-refractivity contribution is -0.325. The first kappa shape index (κ1) is 15.6. The highest BCUT2D eigenvalue weighted by Crippen LogP contribution is 2.28. The molecule has 7 heteroatoms. The molecule has 0 bridgehead atoms. The first-order chi connectivity index (χ1) is 8.83. The predicted molar refractivity (Wildman–Crippen MR) is 63.1 cm³/mol. The molecule has 108 valence electrons. The number of halogens is 3. The Balaban J connectivity index is 2.65. The summed E-state index contributed by atoms with van der Waals surface area (Å²) >= 11 is 0. The van der Waals surface area contributed by atoms with Gasteiger partial charge in [-0.25, -0.2) is 0 Å². The van der Waals surface area contributed by atoms with Crippen molar-refractivity contribution < 1.29 is 27.4 Å². The summed E-state index contributed by atoms with van der Waals surface area (Å²) in [5, 5.41) is 0. The molecule has 0 aliphatic rings. The highest BCUT2D eigenvalue weighted by molar-refractivity contribution is 5.42. The summed E-state index contributed by atoms with van der Waals surface area (Å²) in [5.74, 6) is 0.927. The molecule has 0 saturated heterocycles. The molecule has 2 N–H and O–H groups in total. The number of nitrogens with two attached hydrogens (primary N) is 1. The molecule has 0 radical (unpaired) electrons. The quantitative estimate of drug-likeness (QED) is 0.813. The fourth-order valence-electron chi connectivity index (χ4n) is 1.45. The van der Waals surface area contributed by atoms with E-state index in [9.17, 15) is 13.2 Å². The minimum absolute atomic E-state index is 0.230. The number of benzene rings is 1. The first-order valence-electron chi connectivity index (χ1n) is 5.60. The number of rotatable bonds is 6. The Hall–Kier alpha value is -1.47. The molecule has 1 aromatic rings. The molecular formula is C12H16F3NO3. The van der Waals surface area contributed by atoms with Crippen molar-refractivity contribution in [3.8, 4) is 11.5 Å². The van der Waals surface area contributed by atoms with Crippen LogP contribution in [0.15, 0.2) is 18.2 Å². The third kappa shape index (κ3) is 5.35. The van der Waals surface area contributed by atoms with Crippen molar-refractivity contribution in [1.82, 2.24) is 0 Å². The number of alkyl halides is 3. The van der Waals surface area contributed by atoms with Crippen LogP contribution in [0.5, 0.6) is 11.5 Å². The molecule has 0 fully saturated rings. The van der Waals surface area contributed by atoms with Crippen LogP contribution in [0.3, 0.4) is 0 Å². The molecule has 1 rings (SSSR count).